The number of nitrogens with zero attached hydrogens (tertiary/aromatic N) is 1. The Kier molecular flexibility index (Phi) is 16.9. The van der Waals surface area contributed by atoms with Crippen molar-refractivity contribution >= 4 is 39.7 Å². The molecule has 0 atom stereocenters. The standard InChI is InChI=1S/C22H39NO3S.Na/c1-4-5-6-7-8-9-10-11-12-13-16-21-17-14-15-18-22(21)27(24,25)26-20-19-23(2)3;/h14-15,17-18H,4-13,16,19-20H2,1-3H3;. The fourth-order valence-corrected chi connectivity index (χ4v) is 4.31. The molecule has 0 spiro atoms. The van der Waals surface area contributed by atoms with Gasteiger partial charge in [-0.15, -0.1) is 0 Å². The normalized spacial score (nSPS) is 11.6. The predicted octanol–water partition coefficient (Wildman–Crippen LogP) is 5.04. The van der Waals surface area contributed by atoms with E-state index < -0.39 is 10.1 Å². The molecule has 0 unspecified atom stereocenters. The molecule has 1 rings (SSSR count). The van der Waals surface area contributed by atoms with Crippen molar-refractivity contribution in [3.63, 3.8) is 0 Å². The van der Waals surface area contributed by atoms with Crippen LogP contribution in [0.15, 0.2) is 29.2 Å². The zero-order valence-electron chi connectivity index (χ0n) is 18.6. The number of rotatable bonds is 16. The largest absolute Gasteiger partial charge is 0.307 e. The second-order valence-corrected chi connectivity index (χ2v) is 9.20. The van der Waals surface area contributed by atoms with E-state index in [1.54, 1.807) is 12.1 Å². The summed E-state index contributed by atoms with van der Waals surface area (Å²) >= 11 is 0. The maximum absolute atomic E-state index is 12.5. The first kappa shape index (κ1) is 28.1. The second-order valence-electron chi connectivity index (χ2n) is 7.62. The van der Waals surface area contributed by atoms with E-state index in [0.717, 1.165) is 24.8 Å². The van der Waals surface area contributed by atoms with Crippen LogP contribution in [0.5, 0.6) is 0 Å². The van der Waals surface area contributed by atoms with Gasteiger partial charge in [0, 0.05) is 36.1 Å². The summed E-state index contributed by atoms with van der Waals surface area (Å²) in [6.45, 7) is 3.01. The Morgan fingerprint density at radius 3 is 1.96 bits per heavy atom. The molecule has 157 valence electrons. The average Bonchev–Trinajstić information content (AvgIpc) is 2.63. The molecule has 0 aromatic heterocycles. The molecular weight excluding hydrogens is 381 g/mol. The summed E-state index contributed by atoms with van der Waals surface area (Å²) in [4.78, 5) is 2.24. The Bertz CT molecular complexity index is 606. The summed E-state index contributed by atoms with van der Waals surface area (Å²) in [5.41, 5.74) is 0.877. The van der Waals surface area contributed by atoms with E-state index >= 15 is 0 Å². The van der Waals surface area contributed by atoms with Crippen LogP contribution in [0, 0.1) is 0 Å². The summed E-state index contributed by atoms with van der Waals surface area (Å²) in [6, 6.07) is 7.25. The summed E-state index contributed by atoms with van der Waals surface area (Å²) < 4.78 is 30.1. The monoisotopic (exact) mass is 420 g/mol. The van der Waals surface area contributed by atoms with Gasteiger partial charge >= 0.3 is 0 Å². The van der Waals surface area contributed by atoms with Crippen LogP contribution in [-0.2, 0) is 20.7 Å². The van der Waals surface area contributed by atoms with Gasteiger partial charge in [0.1, 0.15) is 0 Å². The molecular formula is C22H39NNaO3S. The van der Waals surface area contributed by atoms with E-state index in [1.807, 2.05) is 31.1 Å². The quantitative estimate of drug-likeness (QED) is 0.214. The van der Waals surface area contributed by atoms with Crippen molar-refractivity contribution in [2.75, 3.05) is 27.2 Å². The summed E-state index contributed by atoms with van der Waals surface area (Å²) in [5.74, 6) is 0. The Balaban J connectivity index is 0.00000729. The molecule has 1 radical (unpaired) electrons. The predicted molar refractivity (Wildman–Crippen MR) is 119 cm³/mol. The molecule has 0 amide bonds. The van der Waals surface area contributed by atoms with Crippen LogP contribution in [0.1, 0.15) is 76.7 Å². The van der Waals surface area contributed by atoms with Crippen molar-refractivity contribution in [3.05, 3.63) is 29.8 Å². The van der Waals surface area contributed by atoms with Gasteiger partial charge in [0.25, 0.3) is 10.1 Å². The van der Waals surface area contributed by atoms with Crippen LogP contribution >= 0.6 is 0 Å². The third-order valence-corrected chi connectivity index (χ3v) is 6.23. The molecule has 0 fully saturated rings. The van der Waals surface area contributed by atoms with E-state index in [1.165, 1.54) is 51.4 Å². The number of likely N-dealkylation sites (N-methyl/N-ethyl adjacent to an activating group) is 1. The van der Waals surface area contributed by atoms with Gasteiger partial charge in [0.2, 0.25) is 0 Å². The minimum absolute atomic E-state index is 0. The molecule has 4 nitrogen and oxygen atoms in total. The van der Waals surface area contributed by atoms with E-state index in [4.69, 9.17) is 4.18 Å². The maximum Gasteiger partial charge on any atom is 0.297 e. The summed E-state index contributed by atoms with van der Waals surface area (Å²) in [5, 5.41) is 0. The fraction of sp³-hybridized carbons (Fsp3) is 0.727. The van der Waals surface area contributed by atoms with Crippen LogP contribution in [0.3, 0.4) is 0 Å². The number of aryl methyl sites for hydroxylation is 1. The van der Waals surface area contributed by atoms with Gasteiger partial charge in [-0.2, -0.15) is 8.42 Å². The fourth-order valence-electron chi connectivity index (χ4n) is 3.15. The number of unbranched alkanes of at least 4 members (excludes halogenated alkanes) is 9. The van der Waals surface area contributed by atoms with Crippen molar-refractivity contribution in [2.24, 2.45) is 0 Å². The minimum Gasteiger partial charge on any atom is -0.307 e. The van der Waals surface area contributed by atoms with Gasteiger partial charge in [-0.05, 0) is 38.6 Å². The van der Waals surface area contributed by atoms with Gasteiger partial charge in [0.05, 0.1) is 11.5 Å². The van der Waals surface area contributed by atoms with Crippen molar-refractivity contribution < 1.29 is 12.6 Å². The molecule has 28 heavy (non-hydrogen) atoms. The van der Waals surface area contributed by atoms with E-state index in [0.29, 0.717) is 11.4 Å². The molecule has 6 heteroatoms. The smallest absolute Gasteiger partial charge is 0.297 e. The van der Waals surface area contributed by atoms with E-state index in [9.17, 15) is 8.42 Å². The minimum atomic E-state index is -3.68. The van der Waals surface area contributed by atoms with Crippen LogP contribution in [0.25, 0.3) is 0 Å². The van der Waals surface area contributed by atoms with Crippen molar-refractivity contribution in [1.29, 1.82) is 0 Å². The number of hydrogen-bond acceptors (Lipinski definition) is 4. The molecule has 0 heterocycles. The number of benzene rings is 1. The van der Waals surface area contributed by atoms with Gasteiger partial charge in [0.15, 0.2) is 0 Å². The molecule has 0 aliphatic heterocycles. The van der Waals surface area contributed by atoms with Crippen LogP contribution in [0.2, 0.25) is 0 Å². The zero-order chi connectivity index (χ0) is 20.0. The van der Waals surface area contributed by atoms with Crippen molar-refractivity contribution in [2.45, 2.75) is 82.4 Å². The molecule has 0 aliphatic rings. The molecule has 0 saturated heterocycles. The molecule has 0 aliphatic carbocycles. The van der Waals surface area contributed by atoms with Gasteiger partial charge in [-0.3, -0.25) is 4.18 Å². The van der Waals surface area contributed by atoms with Gasteiger partial charge in [-0.1, -0.05) is 82.9 Å². The third-order valence-electron chi connectivity index (χ3n) is 4.82. The topological polar surface area (TPSA) is 46.6 Å². The van der Waals surface area contributed by atoms with Crippen molar-refractivity contribution in [1.82, 2.24) is 4.90 Å². The third kappa shape index (κ3) is 12.6. The van der Waals surface area contributed by atoms with Crippen LogP contribution < -0.4 is 0 Å². The maximum atomic E-state index is 12.5. The SMILES string of the molecule is CCCCCCCCCCCCc1ccccc1S(=O)(=O)OCCN(C)C.[Na]. The molecule has 0 bridgehead atoms. The Hall–Kier alpha value is 0.0900. The molecule has 0 saturated carbocycles. The van der Waals surface area contributed by atoms with Crippen LogP contribution in [-0.4, -0.2) is 70.1 Å². The second kappa shape index (κ2) is 16.8. The Morgan fingerprint density at radius 2 is 1.39 bits per heavy atom. The summed E-state index contributed by atoms with van der Waals surface area (Å²) in [7, 11) is 0.120. The Morgan fingerprint density at radius 1 is 0.857 bits per heavy atom. The summed E-state index contributed by atoms with van der Waals surface area (Å²) in [6.07, 6.45) is 13.6. The van der Waals surface area contributed by atoms with Crippen LogP contribution in [0.4, 0.5) is 0 Å². The van der Waals surface area contributed by atoms with E-state index in [2.05, 4.69) is 6.92 Å². The number of hydrogen-bond donors (Lipinski definition) is 0. The Labute approximate surface area is 195 Å². The average molecular weight is 421 g/mol. The van der Waals surface area contributed by atoms with Gasteiger partial charge in [-0.25, -0.2) is 0 Å². The van der Waals surface area contributed by atoms with Gasteiger partial charge < -0.3 is 4.90 Å². The zero-order valence-corrected chi connectivity index (χ0v) is 21.4. The molecule has 0 N–H and O–H groups in total. The first-order chi connectivity index (χ1) is 13.0. The molecule has 1 aromatic rings. The molecule has 1 aromatic carbocycles. The van der Waals surface area contributed by atoms with E-state index in [-0.39, 0.29) is 36.2 Å². The van der Waals surface area contributed by atoms with Crippen molar-refractivity contribution in [3.8, 4) is 0 Å². The first-order valence-electron chi connectivity index (χ1n) is 10.6. The first-order valence-corrected chi connectivity index (χ1v) is 12.0.